The van der Waals surface area contributed by atoms with Crippen LogP contribution in [0.15, 0.2) is 88.7 Å². The first kappa shape index (κ1) is 19.1. The molecule has 1 amide bonds. The third kappa shape index (κ3) is 4.33. The Bertz CT molecular complexity index is 1100. The zero-order valence-electron chi connectivity index (χ0n) is 14.3. The molecule has 3 aromatic rings. The van der Waals surface area contributed by atoms with E-state index in [0.29, 0.717) is 5.69 Å². The van der Waals surface area contributed by atoms with Gasteiger partial charge in [0, 0.05) is 17.8 Å². The van der Waals surface area contributed by atoms with Crippen molar-refractivity contribution in [3.63, 3.8) is 0 Å². The largest absolute Gasteiger partial charge is 0.417 e. The maximum atomic E-state index is 12.5. The fraction of sp³-hybridized carbons (Fsp3) is 0. The smallest absolute Gasteiger partial charge is 0.410 e. The number of rotatable bonds is 5. The molecule has 0 unspecified atom stereocenters. The van der Waals surface area contributed by atoms with E-state index in [-0.39, 0.29) is 21.2 Å². The molecule has 3 rings (SSSR count). The van der Waals surface area contributed by atoms with Crippen molar-refractivity contribution < 1.29 is 22.9 Å². The fourth-order valence-corrected chi connectivity index (χ4v) is 3.62. The lowest BCUT2D eigenvalue weighted by Gasteiger charge is -2.08. The number of non-ortho nitro benzene ring substituents is 1. The van der Waals surface area contributed by atoms with Gasteiger partial charge in [-0.3, -0.25) is 15.4 Å². The van der Waals surface area contributed by atoms with E-state index in [0.717, 1.165) is 0 Å². The number of nitrogens with zero attached hydrogens (tertiary/aromatic N) is 1. The van der Waals surface area contributed by atoms with Crippen molar-refractivity contribution in [3.8, 4) is 5.75 Å². The average molecular weight is 398 g/mol. The fourth-order valence-electron chi connectivity index (χ4n) is 2.34. The summed E-state index contributed by atoms with van der Waals surface area (Å²) in [5.41, 5.74) is 0.210. The predicted octanol–water partition coefficient (Wildman–Crippen LogP) is 4.04. The Hall–Kier alpha value is -3.72. The number of benzene rings is 3. The number of nitro groups is 1. The number of nitro benzene ring substituents is 1. The Morgan fingerprint density at radius 1 is 0.857 bits per heavy atom. The number of carbonyl (C=O) groups is 1. The Labute approximate surface area is 160 Å². The Balaban J connectivity index is 1.67. The third-order valence-electron chi connectivity index (χ3n) is 3.72. The number of amides is 1. The average Bonchev–Trinajstić information content (AvgIpc) is 2.69. The van der Waals surface area contributed by atoms with Gasteiger partial charge in [0.05, 0.1) is 14.7 Å². The molecule has 1 N–H and O–H groups in total. The molecule has 0 bridgehead atoms. The van der Waals surface area contributed by atoms with Gasteiger partial charge in [-0.1, -0.05) is 18.2 Å². The Kier molecular flexibility index (Phi) is 5.37. The second-order valence-corrected chi connectivity index (χ2v) is 7.56. The molecular weight excluding hydrogens is 384 g/mol. The van der Waals surface area contributed by atoms with E-state index < -0.39 is 20.9 Å². The molecule has 0 fully saturated rings. The van der Waals surface area contributed by atoms with Crippen molar-refractivity contribution in [1.82, 2.24) is 0 Å². The highest BCUT2D eigenvalue weighted by Crippen LogP contribution is 2.22. The second-order valence-electron chi connectivity index (χ2n) is 5.61. The molecule has 3 aromatic carbocycles. The second kappa shape index (κ2) is 7.89. The van der Waals surface area contributed by atoms with Crippen LogP contribution < -0.4 is 10.1 Å². The normalized spacial score (nSPS) is 10.9. The molecule has 0 aliphatic carbocycles. The molecule has 0 radical (unpaired) electrons. The predicted molar refractivity (Wildman–Crippen MR) is 101 cm³/mol. The minimum absolute atomic E-state index is 0.0907. The molecule has 0 aliphatic rings. The van der Waals surface area contributed by atoms with Gasteiger partial charge in [-0.05, 0) is 48.5 Å². The molecule has 142 valence electrons. The molecule has 0 atom stereocenters. The number of sulfone groups is 1. The summed E-state index contributed by atoms with van der Waals surface area (Å²) in [4.78, 5) is 22.2. The molecule has 0 saturated heterocycles. The van der Waals surface area contributed by atoms with Crippen LogP contribution in [0.3, 0.4) is 0 Å². The highest BCUT2D eigenvalue weighted by Gasteiger charge is 2.17. The highest BCUT2D eigenvalue weighted by molar-refractivity contribution is 7.91. The van der Waals surface area contributed by atoms with Gasteiger partial charge >= 0.3 is 6.09 Å². The van der Waals surface area contributed by atoms with E-state index in [1.807, 2.05) is 0 Å². The van der Waals surface area contributed by atoms with Crippen LogP contribution in [0.25, 0.3) is 0 Å². The first-order valence-electron chi connectivity index (χ1n) is 8.00. The molecular formula is C19H14N2O6S. The van der Waals surface area contributed by atoms with Gasteiger partial charge in [0.2, 0.25) is 9.84 Å². The number of nitrogens with one attached hydrogen (secondary N) is 1. The first-order valence-corrected chi connectivity index (χ1v) is 9.48. The van der Waals surface area contributed by atoms with E-state index in [9.17, 15) is 23.3 Å². The van der Waals surface area contributed by atoms with Crippen LogP contribution in [0, 0.1) is 10.1 Å². The quantitative estimate of drug-likeness (QED) is 0.512. The first-order chi connectivity index (χ1) is 13.4. The summed E-state index contributed by atoms with van der Waals surface area (Å²) in [5, 5.41) is 13.1. The zero-order valence-corrected chi connectivity index (χ0v) is 15.1. The Morgan fingerprint density at radius 3 is 2.00 bits per heavy atom. The van der Waals surface area contributed by atoms with Gasteiger partial charge in [0.25, 0.3) is 5.69 Å². The number of ether oxygens (including phenoxy) is 1. The monoisotopic (exact) mass is 398 g/mol. The summed E-state index contributed by atoms with van der Waals surface area (Å²) in [7, 11) is -3.64. The number of hydrogen-bond donors (Lipinski definition) is 1. The molecule has 28 heavy (non-hydrogen) atoms. The van der Waals surface area contributed by atoms with Crippen LogP contribution in [0.2, 0.25) is 0 Å². The van der Waals surface area contributed by atoms with E-state index in [1.165, 1.54) is 60.7 Å². The lowest BCUT2D eigenvalue weighted by atomic mass is 10.3. The summed E-state index contributed by atoms with van der Waals surface area (Å²) in [6.07, 6.45) is -0.812. The van der Waals surface area contributed by atoms with Crippen LogP contribution in [0.5, 0.6) is 5.75 Å². The maximum Gasteiger partial charge on any atom is 0.417 e. The SMILES string of the molecule is O=C(Nc1ccc(S(=O)(=O)c2ccccc2)cc1)Oc1ccc([N+](=O)[O-])cc1. The van der Waals surface area contributed by atoms with E-state index in [1.54, 1.807) is 18.2 Å². The van der Waals surface area contributed by atoms with Crippen LogP contribution in [-0.2, 0) is 9.84 Å². The third-order valence-corrected chi connectivity index (χ3v) is 5.51. The van der Waals surface area contributed by atoms with E-state index in [2.05, 4.69) is 5.32 Å². The van der Waals surface area contributed by atoms with Gasteiger partial charge in [-0.15, -0.1) is 0 Å². The summed E-state index contributed by atoms with van der Waals surface area (Å²) in [6.45, 7) is 0. The van der Waals surface area contributed by atoms with Gasteiger partial charge in [0.1, 0.15) is 5.75 Å². The maximum absolute atomic E-state index is 12.5. The van der Waals surface area contributed by atoms with Crippen molar-refractivity contribution in [3.05, 3.63) is 89.0 Å². The number of carbonyl (C=O) groups excluding carboxylic acids is 1. The van der Waals surface area contributed by atoms with Gasteiger partial charge in [-0.25, -0.2) is 13.2 Å². The summed E-state index contributed by atoms with van der Waals surface area (Å²) in [5.74, 6) is 0.131. The molecule has 8 nitrogen and oxygen atoms in total. The molecule has 0 aliphatic heterocycles. The zero-order chi connectivity index (χ0) is 20.1. The van der Waals surface area contributed by atoms with Crippen molar-refractivity contribution in [2.24, 2.45) is 0 Å². The molecule has 9 heteroatoms. The summed E-state index contributed by atoms with van der Waals surface area (Å²) < 4.78 is 30.1. The van der Waals surface area contributed by atoms with Crippen LogP contribution >= 0.6 is 0 Å². The topological polar surface area (TPSA) is 116 Å². The molecule has 0 heterocycles. The van der Waals surface area contributed by atoms with Crippen molar-refractivity contribution in [2.75, 3.05) is 5.32 Å². The Morgan fingerprint density at radius 2 is 1.43 bits per heavy atom. The van der Waals surface area contributed by atoms with Crippen LogP contribution in [-0.4, -0.2) is 19.4 Å². The standard InChI is InChI=1S/C19H14N2O6S/c22-19(27-16-10-8-15(9-11-16)21(23)24)20-14-6-12-18(13-7-14)28(25,26)17-4-2-1-3-5-17/h1-13H,(H,20,22). The van der Waals surface area contributed by atoms with Gasteiger partial charge in [0.15, 0.2) is 0 Å². The van der Waals surface area contributed by atoms with Crippen molar-refractivity contribution >= 4 is 27.3 Å². The van der Waals surface area contributed by atoms with E-state index in [4.69, 9.17) is 4.74 Å². The molecule has 0 saturated carbocycles. The van der Waals surface area contributed by atoms with Gasteiger partial charge in [-0.2, -0.15) is 0 Å². The van der Waals surface area contributed by atoms with Crippen LogP contribution in [0.4, 0.5) is 16.2 Å². The summed E-state index contributed by atoms with van der Waals surface area (Å²) >= 11 is 0. The van der Waals surface area contributed by atoms with Gasteiger partial charge < -0.3 is 4.74 Å². The van der Waals surface area contributed by atoms with Crippen LogP contribution in [0.1, 0.15) is 0 Å². The minimum Gasteiger partial charge on any atom is -0.410 e. The van der Waals surface area contributed by atoms with E-state index >= 15 is 0 Å². The lowest BCUT2D eigenvalue weighted by molar-refractivity contribution is -0.384. The number of anilines is 1. The van der Waals surface area contributed by atoms with Crippen molar-refractivity contribution in [1.29, 1.82) is 0 Å². The number of hydrogen-bond acceptors (Lipinski definition) is 6. The molecule has 0 aromatic heterocycles. The molecule has 0 spiro atoms. The van der Waals surface area contributed by atoms with Crippen molar-refractivity contribution in [2.45, 2.75) is 9.79 Å². The lowest BCUT2D eigenvalue weighted by Crippen LogP contribution is -2.16. The highest BCUT2D eigenvalue weighted by atomic mass is 32.2. The minimum atomic E-state index is -3.64. The summed E-state index contributed by atoms with van der Waals surface area (Å²) in [6, 6.07) is 18.7.